The van der Waals surface area contributed by atoms with Gasteiger partial charge in [-0.25, -0.2) is 4.98 Å². The maximum Gasteiger partial charge on any atom is 0.204 e. The van der Waals surface area contributed by atoms with Crippen LogP contribution in [0.1, 0.15) is 17.0 Å². The van der Waals surface area contributed by atoms with Gasteiger partial charge in [-0.2, -0.15) is 5.10 Å². The maximum atomic E-state index is 6.17. The summed E-state index contributed by atoms with van der Waals surface area (Å²) in [7, 11) is 0. The first-order valence-corrected chi connectivity index (χ1v) is 9.89. The Morgan fingerprint density at radius 1 is 1.07 bits per heavy atom. The second-order valence-electron chi connectivity index (χ2n) is 6.12. The van der Waals surface area contributed by atoms with Crippen LogP contribution in [0.4, 0.5) is 5.13 Å². The first-order valence-electron chi connectivity index (χ1n) is 8.32. The lowest BCUT2D eigenvalue weighted by Crippen LogP contribution is -2.00. The molecule has 0 aliphatic carbocycles. The maximum absolute atomic E-state index is 6.17. The summed E-state index contributed by atoms with van der Waals surface area (Å²) in [6.07, 6.45) is 1.81. The molecule has 0 spiro atoms. The highest BCUT2D eigenvalue weighted by molar-refractivity contribution is 7.22. The van der Waals surface area contributed by atoms with Gasteiger partial charge >= 0.3 is 0 Å². The predicted octanol–water partition coefficient (Wildman–Crippen LogP) is 6.46. The van der Waals surface area contributed by atoms with Crippen molar-refractivity contribution in [2.45, 2.75) is 13.8 Å². The Bertz CT molecular complexity index is 1130. The molecule has 0 aliphatic rings. The molecule has 0 saturated carbocycles. The third-order valence-electron chi connectivity index (χ3n) is 4.29. The van der Waals surface area contributed by atoms with Gasteiger partial charge in [-0.1, -0.05) is 46.7 Å². The van der Waals surface area contributed by atoms with Crippen LogP contribution in [0.15, 0.2) is 53.6 Å². The number of nitrogens with zero attached hydrogens (tertiary/aromatic N) is 3. The Balaban J connectivity index is 1.59. The van der Waals surface area contributed by atoms with Crippen molar-refractivity contribution in [1.29, 1.82) is 0 Å². The van der Waals surface area contributed by atoms with E-state index in [-0.39, 0.29) is 0 Å². The molecule has 0 atom stereocenters. The molecule has 0 saturated heterocycles. The van der Waals surface area contributed by atoms with E-state index in [1.165, 1.54) is 0 Å². The Hall–Kier alpha value is -2.34. The van der Waals surface area contributed by atoms with Crippen molar-refractivity contribution in [3.8, 4) is 5.69 Å². The zero-order valence-corrected chi connectivity index (χ0v) is 17.0. The van der Waals surface area contributed by atoms with E-state index in [0.29, 0.717) is 10.0 Å². The number of aryl methyl sites for hydroxylation is 1. The number of para-hydroxylation sites is 1. The van der Waals surface area contributed by atoms with Gasteiger partial charge in [0.2, 0.25) is 5.13 Å². The number of benzene rings is 2. The fourth-order valence-corrected chi connectivity index (χ4v) is 4.12. The number of fused-ring (bicyclic) bond motifs is 1. The zero-order chi connectivity index (χ0) is 19.0. The normalized spacial score (nSPS) is 11.6. The molecule has 4 rings (SSSR count). The van der Waals surface area contributed by atoms with E-state index in [9.17, 15) is 0 Å². The van der Waals surface area contributed by atoms with Gasteiger partial charge in [-0.3, -0.25) is 5.43 Å². The molecule has 0 radical (unpaired) electrons. The average molecular weight is 415 g/mol. The van der Waals surface area contributed by atoms with Gasteiger partial charge in [0, 0.05) is 22.6 Å². The number of hydrazone groups is 1. The van der Waals surface area contributed by atoms with E-state index >= 15 is 0 Å². The van der Waals surface area contributed by atoms with E-state index in [1.807, 2.05) is 49.5 Å². The zero-order valence-electron chi connectivity index (χ0n) is 14.7. The highest BCUT2D eigenvalue weighted by Gasteiger charge is 2.11. The van der Waals surface area contributed by atoms with E-state index in [2.05, 4.69) is 33.1 Å². The fourth-order valence-electron chi connectivity index (χ4n) is 3.02. The van der Waals surface area contributed by atoms with Crippen molar-refractivity contribution in [2.75, 3.05) is 5.43 Å². The molecule has 0 bridgehead atoms. The summed E-state index contributed by atoms with van der Waals surface area (Å²) in [5.41, 5.74) is 8.15. The average Bonchev–Trinajstić information content (AvgIpc) is 3.18. The summed E-state index contributed by atoms with van der Waals surface area (Å²) >= 11 is 13.8. The van der Waals surface area contributed by atoms with Crippen LogP contribution in [-0.2, 0) is 0 Å². The van der Waals surface area contributed by atoms with Gasteiger partial charge in [0.15, 0.2) is 0 Å². The molecule has 4 aromatic rings. The molecule has 0 unspecified atom stereocenters. The van der Waals surface area contributed by atoms with Crippen molar-refractivity contribution in [3.05, 3.63) is 75.5 Å². The van der Waals surface area contributed by atoms with E-state index < -0.39 is 0 Å². The molecule has 2 aromatic carbocycles. The molecule has 0 aliphatic heterocycles. The van der Waals surface area contributed by atoms with E-state index in [4.69, 9.17) is 23.2 Å². The molecule has 136 valence electrons. The molecule has 4 nitrogen and oxygen atoms in total. The summed E-state index contributed by atoms with van der Waals surface area (Å²) in [5, 5.41) is 6.21. The van der Waals surface area contributed by atoms with Crippen LogP contribution in [0, 0.1) is 13.8 Å². The van der Waals surface area contributed by atoms with Crippen LogP contribution >= 0.6 is 34.5 Å². The summed E-state index contributed by atoms with van der Waals surface area (Å²) in [6.45, 7) is 4.10. The van der Waals surface area contributed by atoms with Crippen LogP contribution in [0.2, 0.25) is 10.0 Å². The number of hydrogen-bond acceptors (Lipinski definition) is 4. The Morgan fingerprint density at radius 3 is 2.67 bits per heavy atom. The summed E-state index contributed by atoms with van der Waals surface area (Å²) in [4.78, 5) is 4.52. The van der Waals surface area contributed by atoms with Crippen LogP contribution in [0.25, 0.3) is 15.9 Å². The lowest BCUT2D eigenvalue weighted by molar-refractivity contribution is 0.965. The molecular weight excluding hydrogens is 399 g/mol. The predicted molar refractivity (Wildman–Crippen MR) is 116 cm³/mol. The third kappa shape index (κ3) is 3.58. The smallest absolute Gasteiger partial charge is 0.204 e. The number of hydrogen-bond donors (Lipinski definition) is 1. The van der Waals surface area contributed by atoms with Crippen LogP contribution in [-0.4, -0.2) is 15.8 Å². The van der Waals surface area contributed by atoms with Gasteiger partial charge in [-0.15, -0.1) is 0 Å². The summed E-state index contributed by atoms with van der Waals surface area (Å²) in [6, 6.07) is 15.7. The highest BCUT2D eigenvalue weighted by atomic mass is 35.5. The first-order chi connectivity index (χ1) is 13.0. The summed E-state index contributed by atoms with van der Waals surface area (Å²) < 4.78 is 3.26. The minimum atomic E-state index is 0.536. The fraction of sp³-hybridized carbons (Fsp3) is 0.100. The molecule has 27 heavy (non-hydrogen) atoms. The van der Waals surface area contributed by atoms with Crippen LogP contribution in [0.3, 0.4) is 0 Å². The number of halogens is 2. The Labute approximate surface area is 171 Å². The molecule has 2 heterocycles. The van der Waals surface area contributed by atoms with Crippen LogP contribution < -0.4 is 5.43 Å². The number of nitrogens with one attached hydrogen (secondary N) is 1. The van der Waals surface area contributed by atoms with Gasteiger partial charge in [0.1, 0.15) is 0 Å². The Kier molecular flexibility index (Phi) is 4.91. The number of rotatable bonds is 4. The number of anilines is 1. The summed E-state index contributed by atoms with van der Waals surface area (Å²) in [5.74, 6) is 0. The van der Waals surface area contributed by atoms with E-state index in [0.717, 1.165) is 38.0 Å². The van der Waals surface area contributed by atoms with Crippen molar-refractivity contribution in [2.24, 2.45) is 5.10 Å². The quantitative estimate of drug-likeness (QED) is 0.307. The second kappa shape index (κ2) is 7.35. The molecule has 2 aromatic heterocycles. The first kappa shape index (κ1) is 18.0. The SMILES string of the molecule is Cc1cc(/C=N/Nc2nc3ccccc3s2)c(C)n1-c1ccc(Cl)c(Cl)c1. The number of aromatic nitrogens is 2. The van der Waals surface area contributed by atoms with Gasteiger partial charge in [0.25, 0.3) is 0 Å². The van der Waals surface area contributed by atoms with Crippen LogP contribution in [0.5, 0.6) is 0 Å². The lowest BCUT2D eigenvalue weighted by atomic mass is 10.2. The van der Waals surface area contributed by atoms with E-state index in [1.54, 1.807) is 17.4 Å². The largest absolute Gasteiger partial charge is 0.318 e. The molecule has 7 heteroatoms. The van der Waals surface area contributed by atoms with Crippen molar-refractivity contribution >= 4 is 56.1 Å². The Morgan fingerprint density at radius 2 is 1.89 bits per heavy atom. The molecular formula is C20H16Cl2N4S. The molecule has 0 fully saturated rings. The van der Waals surface area contributed by atoms with Gasteiger partial charge in [-0.05, 0) is 50.2 Å². The lowest BCUT2D eigenvalue weighted by Gasteiger charge is -2.10. The van der Waals surface area contributed by atoms with Crippen molar-refractivity contribution in [1.82, 2.24) is 9.55 Å². The highest BCUT2D eigenvalue weighted by Crippen LogP contribution is 2.28. The van der Waals surface area contributed by atoms with Crippen molar-refractivity contribution in [3.63, 3.8) is 0 Å². The third-order valence-corrected chi connectivity index (χ3v) is 5.97. The second-order valence-corrected chi connectivity index (χ2v) is 7.96. The van der Waals surface area contributed by atoms with Crippen molar-refractivity contribution < 1.29 is 0 Å². The minimum absolute atomic E-state index is 0.536. The molecule has 1 N–H and O–H groups in total. The monoisotopic (exact) mass is 414 g/mol. The number of thiazole rings is 1. The van der Waals surface area contributed by atoms with Gasteiger partial charge in [0.05, 0.1) is 26.5 Å². The minimum Gasteiger partial charge on any atom is -0.318 e. The van der Waals surface area contributed by atoms with Gasteiger partial charge < -0.3 is 4.57 Å². The topological polar surface area (TPSA) is 42.2 Å². The molecule has 0 amide bonds. The standard InChI is InChI=1S/C20H16Cl2N4S/c1-12-9-14(13(2)26(12)15-7-8-16(21)17(22)10-15)11-23-25-20-24-18-5-3-4-6-19(18)27-20/h3-11H,1-2H3,(H,24,25)/b23-11+.